The molecule has 1 aliphatic rings. The Hall–Kier alpha value is -2.60. The molecule has 1 N–H and O–H groups in total. The molecule has 2 atom stereocenters. The number of ether oxygens (including phenoxy) is 4. The van der Waals surface area contributed by atoms with Crippen LogP contribution in [0.4, 0.5) is 0 Å². The Labute approximate surface area is 163 Å². The fourth-order valence-electron chi connectivity index (χ4n) is 3.10. The van der Waals surface area contributed by atoms with Crippen molar-refractivity contribution in [1.29, 1.82) is 0 Å². The van der Waals surface area contributed by atoms with Crippen molar-refractivity contribution in [2.75, 3.05) is 21.3 Å². The molecule has 2 aromatic rings. The average molecular weight is 392 g/mol. The number of amides is 1. The van der Waals surface area contributed by atoms with Gasteiger partial charge in [0.2, 0.25) is 5.75 Å². The van der Waals surface area contributed by atoms with E-state index in [2.05, 4.69) is 5.32 Å². The van der Waals surface area contributed by atoms with E-state index in [0.717, 1.165) is 11.1 Å². The molecule has 3 rings (SSSR count). The van der Waals surface area contributed by atoms with Gasteiger partial charge in [0.25, 0.3) is 5.91 Å². The Kier molecular flexibility index (Phi) is 5.65. The van der Waals surface area contributed by atoms with Gasteiger partial charge in [-0.3, -0.25) is 4.79 Å². The summed E-state index contributed by atoms with van der Waals surface area (Å²) in [6.07, 6.45) is -0.0908. The minimum Gasteiger partial charge on any atom is -0.493 e. The fourth-order valence-corrected chi connectivity index (χ4v) is 3.30. The minimum atomic E-state index is -0.581. The number of hydrogen-bond donors (Lipinski definition) is 1. The van der Waals surface area contributed by atoms with Gasteiger partial charge in [0, 0.05) is 11.4 Å². The van der Waals surface area contributed by atoms with Crippen molar-refractivity contribution in [1.82, 2.24) is 5.32 Å². The number of halogens is 1. The summed E-state index contributed by atoms with van der Waals surface area (Å²) in [6.45, 7) is 1.89. The second-order valence-corrected chi connectivity index (χ2v) is 6.69. The molecule has 1 amide bonds. The molecule has 2 unspecified atom stereocenters. The van der Waals surface area contributed by atoms with E-state index in [-0.39, 0.29) is 11.9 Å². The van der Waals surface area contributed by atoms with Crippen LogP contribution in [-0.2, 0) is 11.2 Å². The molecule has 7 heteroatoms. The summed E-state index contributed by atoms with van der Waals surface area (Å²) in [5.74, 6) is 2.08. The predicted octanol–water partition coefficient (Wildman–Crippen LogP) is 3.55. The molecule has 1 aliphatic heterocycles. The second-order valence-electron chi connectivity index (χ2n) is 6.25. The topological polar surface area (TPSA) is 66.0 Å². The summed E-state index contributed by atoms with van der Waals surface area (Å²) in [5, 5.41) is 3.61. The SMILES string of the molecule is COc1cc(C(C)NC(=O)C2Cc3cc(Cl)ccc3O2)cc(OC)c1OC. The maximum absolute atomic E-state index is 12.7. The first kappa shape index (κ1) is 19.2. The number of fused-ring (bicyclic) bond motifs is 1. The van der Waals surface area contributed by atoms with E-state index < -0.39 is 6.10 Å². The van der Waals surface area contributed by atoms with Gasteiger partial charge in [-0.1, -0.05) is 11.6 Å². The zero-order valence-corrected chi connectivity index (χ0v) is 16.4. The lowest BCUT2D eigenvalue weighted by Gasteiger charge is -2.20. The molecule has 0 radical (unpaired) electrons. The third-order valence-corrected chi connectivity index (χ3v) is 4.77. The zero-order chi connectivity index (χ0) is 19.6. The van der Waals surface area contributed by atoms with Crippen LogP contribution in [0.1, 0.15) is 24.1 Å². The van der Waals surface area contributed by atoms with Crippen LogP contribution in [0.2, 0.25) is 5.02 Å². The monoisotopic (exact) mass is 391 g/mol. The highest BCUT2D eigenvalue weighted by atomic mass is 35.5. The van der Waals surface area contributed by atoms with Crippen LogP contribution < -0.4 is 24.3 Å². The largest absolute Gasteiger partial charge is 0.493 e. The molecule has 0 aliphatic carbocycles. The van der Waals surface area contributed by atoms with Gasteiger partial charge in [0.1, 0.15) is 5.75 Å². The molecule has 0 saturated heterocycles. The van der Waals surface area contributed by atoms with Crippen LogP contribution in [0, 0.1) is 0 Å². The molecular formula is C20H22ClNO5. The molecule has 6 nitrogen and oxygen atoms in total. The van der Waals surface area contributed by atoms with E-state index in [0.29, 0.717) is 34.4 Å². The third kappa shape index (κ3) is 3.90. The smallest absolute Gasteiger partial charge is 0.261 e. The van der Waals surface area contributed by atoms with Crippen molar-refractivity contribution in [3.63, 3.8) is 0 Å². The van der Waals surface area contributed by atoms with Gasteiger partial charge in [-0.15, -0.1) is 0 Å². The lowest BCUT2D eigenvalue weighted by Crippen LogP contribution is -2.38. The summed E-state index contributed by atoms with van der Waals surface area (Å²) in [6, 6.07) is 8.72. The van der Waals surface area contributed by atoms with Gasteiger partial charge in [-0.2, -0.15) is 0 Å². The number of nitrogens with one attached hydrogen (secondary N) is 1. The van der Waals surface area contributed by atoms with Gasteiger partial charge < -0.3 is 24.3 Å². The Morgan fingerprint density at radius 1 is 1.15 bits per heavy atom. The van der Waals surface area contributed by atoms with E-state index in [1.807, 2.05) is 25.1 Å². The van der Waals surface area contributed by atoms with E-state index in [1.165, 1.54) is 0 Å². The summed E-state index contributed by atoms with van der Waals surface area (Å²) in [7, 11) is 4.66. The van der Waals surface area contributed by atoms with Crippen molar-refractivity contribution in [3.8, 4) is 23.0 Å². The molecule has 1 heterocycles. The molecule has 144 valence electrons. The molecule has 0 spiro atoms. The third-order valence-electron chi connectivity index (χ3n) is 4.54. The van der Waals surface area contributed by atoms with Crippen molar-refractivity contribution in [2.45, 2.75) is 25.5 Å². The second kappa shape index (κ2) is 7.96. The highest BCUT2D eigenvalue weighted by Gasteiger charge is 2.30. The minimum absolute atomic E-state index is 0.191. The summed E-state index contributed by atoms with van der Waals surface area (Å²) >= 11 is 6.01. The number of carbonyl (C=O) groups is 1. The maximum Gasteiger partial charge on any atom is 0.261 e. The maximum atomic E-state index is 12.7. The number of carbonyl (C=O) groups excluding carboxylic acids is 1. The van der Waals surface area contributed by atoms with Crippen LogP contribution in [-0.4, -0.2) is 33.3 Å². The highest BCUT2D eigenvalue weighted by Crippen LogP contribution is 2.39. The number of hydrogen-bond acceptors (Lipinski definition) is 5. The first-order valence-corrected chi connectivity index (χ1v) is 8.90. The summed E-state index contributed by atoms with van der Waals surface area (Å²) in [4.78, 5) is 12.7. The predicted molar refractivity (Wildman–Crippen MR) is 102 cm³/mol. The highest BCUT2D eigenvalue weighted by molar-refractivity contribution is 6.30. The standard InChI is InChI=1S/C20H22ClNO5/c1-11(12-8-16(24-2)19(26-4)17(9-12)25-3)22-20(23)18-10-13-7-14(21)5-6-15(13)27-18/h5-9,11,18H,10H2,1-4H3,(H,22,23). The Morgan fingerprint density at radius 3 is 2.41 bits per heavy atom. The first-order chi connectivity index (χ1) is 13.0. The van der Waals surface area contributed by atoms with E-state index in [9.17, 15) is 4.79 Å². The van der Waals surface area contributed by atoms with Gasteiger partial charge in [0.05, 0.1) is 27.4 Å². The number of methoxy groups -OCH3 is 3. The molecular weight excluding hydrogens is 370 g/mol. The van der Waals surface area contributed by atoms with Gasteiger partial charge in [0.15, 0.2) is 17.6 Å². The Morgan fingerprint density at radius 2 is 1.81 bits per heavy atom. The Balaban J connectivity index is 1.74. The fraction of sp³-hybridized carbons (Fsp3) is 0.350. The van der Waals surface area contributed by atoms with E-state index >= 15 is 0 Å². The molecule has 2 aromatic carbocycles. The average Bonchev–Trinajstić information content (AvgIpc) is 3.09. The number of benzene rings is 2. The molecule has 0 saturated carbocycles. The molecule has 0 aromatic heterocycles. The van der Waals surface area contributed by atoms with Gasteiger partial charge in [-0.25, -0.2) is 0 Å². The zero-order valence-electron chi connectivity index (χ0n) is 15.7. The lowest BCUT2D eigenvalue weighted by atomic mass is 10.1. The van der Waals surface area contributed by atoms with Crippen molar-refractivity contribution >= 4 is 17.5 Å². The summed E-state index contributed by atoms with van der Waals surface area (Å²) < 4.78 is 21.8. The number of rotatable bonds is 6. The van der Waals surface area contributed by atoms with Gasteiger partial charge >= 0.3 is 0 Å². The van der Waals surface area contributed by atoms with Crippen LogP contribution >= 0.6 is 11.6 Å². The Bertz CT molecular complexity index is 829. The normalized spacial score (nSPS) is 16.1. The first-order valence-electron chi connectivity index (χ1n) is 8.52. The van der Waals surface area contributed by atoms with Crippen LogP contribution in [0.25, 0.3) is 0 Å². The van der Waals surface area contributed by atoms with Crippen LogP contribution in [0.3, 0.4) is 0 Å². The summed E-state index contributed by atoms with van der Waals surface area (Å²) in [5.41, 5.74) is 1.76. The van der Waals surface area contributed by atoms with Crippen LogP contribution in [0.5, 0.6) is 23.0 Å². The van der Waals surface area contributed by atoms with E-state index in [1.54, 1.807) is 33.5 Å². The van der Waals surface area contributed by atoms with E-state index in [4.69, 9.17) is 30.5 Å². The van der Waals surface area contributed by atoms with Crippen molar-refractivity contribution in [2.24, 2.45) is 0 Å². The quantitative estimate of drug-likeness (QED) is 0.815. The lowest BCUT2D eigenvalue weighted by molar-refractivity contribution is -0.127. The van der Waals surface area contributed by atoms with Crippen molar-refractivity contribution < 1.29 is 23.7 Å². The van der Waals surface area contributed by atoms with Crippen molar-refractivity contribution in [3.05, 3.63) is 46.5 Å². The van der Waals surface area contributed by atoms with Crippen LogP contribution in [0.15, 0.2) is 30.3 Å². The molecule has 0 bridgehead atoms. The molecule has 0 fully saturated rings. The molecule has 27 heavy (non-hydrogen) atoms. The van der Waals surface area contributed by atoms with Gasteiger partial charge in [-0.05, 0) is 48.4 Å².